The average molecular weight is 369 g/mol. The van der Waals surface area contributed by atoms with Crippen molar-refractivity contribution in [2.75, 3.05) is 17.2 Å². The van der Waals surface area contributed by atoms with Gasteiger partial charge in [0.25, 0.3) is 0 Å². The molecule has 9 heteroatoms. The molecule has 1 unspecified atom stereocenters. The van der Waals surface area contributed by atoms with Crippen LogP contribution in [0, 0.1) is 5.92 Å². The zero-order valence-electron chi connectivity index (χ0n) is 9.71. The van der Waals surface area contributed by atoms with Gasteiger partial charge in [-0.2, -0.15) is 0 Å². The lowest BCUT2D eigenvalue weighted by Gasteiger charge is -2.17. The summed E-state index contributed by atoms with van der Waals surface area (Å²) in [6.45, 7) is 0.280. The van der Waals surface area contributed by atoms with E-state index in [2.05, 4.69) is 20.9 Å². The molecule has 1 aliphatic rings. The summed E-state index contributed by atoms with van der Waals surface area (Å²) in [4.78, 5) is 17.4. The first kappa shape index (κ1) is 14.7. The minimum Gasteiger partial charge on any atom is -0.296 e. The number of nitrogens with two attached hydrogens (primary N) is 1. The predicted molar refractivity (Wildman–Crippen MR) is 75.4 cm³/mol. The molecule has 0 saturated carbocycles. The Hall–Kier alpha value is -0.700. The molecule has 2 rings (SSSR count). The van der Waals surface area contributed by atoms with E-state index in [1.165, 1.54) is 11.1 Å². The number of sulfonamides is 1. The minimum atomic E-state index is -3.59. The third-order valence-corrected chi connectivity index (χ3v) is 4.44. The van der Waals surface area contributed by atoms with E-state index in [1.54, 1.807) is 6.07 Å². The fourth-order valence-corrected chi connectivity index (χ4v) is 3.77. The monoisotopic (exact) mass is 367 g/mol. The van der Waals surface area contributed by atoms with Gasteiger partial charge in [0.05, 0.1) is 15.2 Å². The predicted octanol–water partition coefficient (Wildman–Crippen LogP) is 1.14. The van der Waals surface area contributed by atoms with Crippen LogP contribution in [0.25, 0.3) is 0 Å². The molecular weight excluding hydrogens is 358 g/mol. The van der Waals surface area contributed by atoms with Crippen LogP contribution in [-0.4, -0.2) is 31.6 Å². The molecule has 1 aromatic rings. The number of halogens is 2. The molecule has 1 aromatic heterocycles. The molecule has 0 radical (unpaired) electrons. The second-order valence-corrected chi connectivity index (χ2v) is 7.31. The van der Waals surface area contributed by atoms with E-state index in [0.717, 1.165) is 0 Å². The van der Waals surface area contributed by atoms with Crippen LogP contribution >= 0.6 is 27.5 Å². The van der Waals surface area contributed by atoms with Crippen LogP contribution in [0.4, 0.5) is 5.82 Å². The number of rotatable bonds is 3. The van der Waals surface area contributed by atoms with Crippen LogP contribution in [0.15, 0.2) is 16.7 Å². The van der Waals surface area contributed by atoms with Gasteiger partial charge in [-0.3, -0.25) is 9.69 Å². The first-order chi connectivity index (χ1) is 8.76. The summed E-state index contributed by atoms with van der Waals surface area (Å²) in [5.74, 6) is -0.261. The number of hydrogen-bond acceptors (Lipinski definition) is 4. The molecule has 1 atom stereocenters. The van der Waals surface area contributed by atoms with Gasteiger partial charge in [0, 0.05) is 25.1 Å². The van der Waals surface area contributed by atoms with Crippen molar-refractivity contribution in [3.63, 3.8) is 0 Å². The molecule has 6 nitrogen and oxygen atoms in total. The molecule has 2 heterocycles. The van der Waals surface area contributed by atoms with E-state index < -0.39 is 10.0 Å². The van der Waals surface area contributed by atoms with Gasteiger partial charge in [0.1, 0.15) is 5.82 Å². The Morgan fingerprint density at radius 2 is 2.26 bits per heavy atom. The van der Waals surface area contributed by atoms with Gasteiger partial charge in [0.15, 0.2) is 0 Å². The number of amides is 1. The van der Waals surface area contributed by atoms with Crippen LogP contribution in [0.5, 0.6) is 0 Å². The average Bonchev–Trinajstić information content (AvgIpc) is 2.56. The number of primary sulfonamides is 1. The van der Waals surface area contributed by atoms with Crippen molar-refractivity contribution in [2.24, 2.45) is 11.1 Å². The fourth-order valence-electron chi connectivity index (χ4n) is 2.03. The Morgan fingerprint density at radius 3 is 2.84 bits per heavy atom. The van der Waals surface area contributed by atoms with Crippen molar-refractivity contribution in [2.45, 2.75) is 6.42 Å². The zero-order valence-corrected chi connectivity index (χ0v) is 12.9. The molecular formula is C10H11BrClN3O3S. The Bertz CT molecular complexity index is 622. The van der Waals surface area contributed by atoms with Crippen LogP contribution in [-0.2, 0) is 14.8 Å². The molecule has 19 heavy (non-hydrogen) atoms. The standard InChI is InChI=1S/C10H11BrClN3O3S/c11-8-2-7(12)3-14-10(8)15-4-6(1-9(15)16)5-19(13,17)18/h2-3,6H,1,4-5H2,(H2,13,17,18). The summed E-state index contributed by atoms with van der Waals surface area (Å²) in [5.41, 5.74) is 0. The highest BCUT2D eigenvalue weighted by atomic mass is 79.9. The lowest BCUT2D eigenvalue weighted by molar-refractivity contribution is -0.117. The number of aromatic nitrogens is 1. The summed E-state index contributed by atoms with van der Waals surface area (Å²) in [6, 6.07) is 1.63. The van der Waals surface area contributed by atoms with E-state index in [1.807, 2.05) is 0 Å². The number of hydrogen-bond donors (Lipinski definition) is 1. The van der Waals surface area contributed by atoms with E-state index in [9.17, 15) is 13.2 Å². The molecule has 0 bridgehead atoms. The molecule has 1 amide bonds. The van der Waals surface area contributed by atoms with Crippen molar-refractivity contribution in [3.8, 4) is 0 Å². The van der Waals surface area contributed by atoms with E-state index in [0.29, 0.717) is 15.3 Å². The smallest absolute Gasteiger partial charge is 0.228 e. The highest BCUT2D eigenvalue weighted by Crippen LogP contribution is 2.31. The summed E-state index contributed by atoms with van der Waals surface area (Å²) in [5, 5.41) is 5.44. The van der Waals surface area contributed by atoms with Crippen LogP contribution in [0.2, 0.25) is 5.02 Å². The summed E-state index contributed by atoms with van der Waals surface area (Å²) >= 11 is 9.07. The summed E-state index contributed by atoms with van der Waals surface area (Å²) in [6.07, 6.45) is 1.58. The molecule has 1 saturated heterocycles. The van der Waals surface area contributed by atoms with Crippen molar-refractivity contribution >= 4 is 49.3 Å². The van der Waals surface area contributed by atoms with Gasteiger partial charge in [-0.15, -0.1) is 0 Å². The minimum absolute atomic E-state index is 0.146. The maximum absolute atomic E-state index is 11.9. The van der Waals surface area contributed by atoms with Gasteiger partial charge in [-0.1, -0.05) is 11.6 Å². The van der Waals surface area contributed by atoms with Crippen molar-refractivity contribution in [1.29, 1.82) is 0 Å². The molecule has 0 aromatic carbocycles. The molecule has 1 fully saturated rings. The first-order valence-corrected chi connectivity index (χ1v) is 8.27. The lowest BCUT2D eigenvalue weighted by Crippen LogP contribution is -2.28. The second kappa shape index (κ2) is 5.35. The second-order valence-electron chi connectivity index (χ2n) is 4.36. The van der Waals surface area contributed by atoms with Gasteiger partial charge in [0.2, 0.25) is 15.9 Å². The van der Waals surface area contributed by atoms with Crippen molar-refractivity contribution in [1.82, 2.24) is 4.98 Å². The summed E-state index contributed by atoms with van der Waals surface area (Å²) in [7, 11) is -3.59. The Labute approximate surface area is 124 Å². The van der Waals surface area contributed by atoms with Crippen molar-refractivity contribution in [3.05, 3.63) is 21.8 Å². The molecule has 104 valence electrons. The Kier molecular flexibility index (Phi) is 4.14. The topological polar surface area (TPSA) is 93.4 Å². The Balaban J connectivity index is 2.20. The molecule has 1 aliphatic heterocycles. The Morgan fingerprint density at radius 1 is 1.58 bits per heavy atom. The van der Waals surface area contributed by atoms with E-state index in [4.69, 9.17) is 16.7 Å². The largest absolute Gasteiger partial charge is 0.296 e. The van der Waals surface area contributed by atoms with E-state index >= 15 is 0 Å². The highest BCUT2D eigenvalue weighted by molar-refractivity contribution is 9.10. The SMILES string of the molecule is NS(=O)(=O)CC1CC(=O)N(c2ncc(Cl)cc2Br)C1. The molecule has 0 spiro atoms. The number of nitrogens with zero attached hydrogens (tertiary/aromatic N) is 2. The highest BCUT2D eigenvalue weighted by Gasteiger charge is 2.34. The van der Waals surface area contributed by atoms with Gasteiger partial charge < -0.3 is 0 Å². The first-order valence-electron chi connectivity index (χ1n) is 5.38. The van der Waals surface area contributed by atoms with Crippen LogP contribution in [0.3, 0.4) is 0 Å². The van der Waals surface area contributed by atoms with E-state index in [-0.39, 0.29) is 30.5 Å². The maximum Gasteiger partial charge on any atom is 0.228 e. The van der Waals surface area contributed by atoms with Crippen LogP contribution in [0.1, 0.15) is 6.42 Å². The number of carbonyl (C=O) groups excluding carboxylic acids is 1. The normalized spacial score (nSPS) is 20.1. The third-order valence-electron chi connectivity index (χ3n) is 2.72. The summed E-state index contributed by atoms with van der Waals surface area (Å²) < 4.78 is 22.7. The maximum atomic E-state index is 11.9. The van der Waals surface area contributed by atoms with Crippen molar-refractivity contribution < 1.29 is 13.2 Å². The van der Waals surface area contributed by atoms with Gasteiger partial charge >= 0.3 is 0 Å². The quantitative estimate of drug-likeness (QED) is 0.865. The fraction of sp³-hybridized carbons (Fsp3) is 0.400. The van der Waals surface area contributed by atoms with Gasteiger partial charge in [-0.05, 0) is 22.0 Å². The van der Waals surface area contributed by atoms with Crippen LogP contribution < -0.4 is 10.0 Å². The third kappa shape index (κ3) is 3.65. The number of pyridine rings is 1. The zero-order chi connectivity index (χ0) is 14.2. The number of anilines is 1. The van der Waals surface area contributed by atoms with Gasteiger partial charge in [-0.25, -0.2) is 18.5 Å². The molecule has 2 N–H and O–H groups in total. The molecule has 0 aliphatic carbocycles. The number of carbonyl (C=O) groups is 1. The lowest BCUT2D eigenvalue weighted by atomic mass is 10.1.